The van der Waals surface area contributed by atoms with Gasteiger partial charge in [0, 0.05) is 28.8 Å². The minimum Gasteiger partial charge on any atom is -0.493 e. The summed E-state index contributed by atoms with van der Waals surface area (Å²) in [5, 5.41) is 6.92. The summed E-state index contributed by atoms with van der Waals surface area (Å²) in [6.07, 6.45) is 1.64. The number of fused-ring (bicyclic) bond motifs is 1. The molecule has 3 rings (SSSR count). The van der Waals surface area contributed by atoms with E-state index in [1.54, 1.807) is 56.8 Å². The van der Waals surface area contributed by atoms with Crippen LogP contribution < -0.4 is 24.8 Å². The number of nitrogens with zero attached hydrogens (tertiary/aromatic N) is 1. The predicted octanol–water partition coefficient (Wildman–Crippen LogP) is 5.56. The van der Waals surface area contributed by atoms with Gasteiger partial charge in [0.2, 0.25) is 5.91 Å². The van der Waals surface area contributed by atoms with E-state index >= 15 is 0 Å². The molecule has 1 aromatic heterocycles. The Bertz CT molecular complexity index is 1180. The topological polar surface area (TPSA) is 81.7 Å². The van der Waals surface area contributed by atoms with Gasteiger partial charge in [0.25, 0.3) is 0 Å². The van der Waals surface area contributed by atoms with Gasteiger partial charge in [-0.3, -0.25) is 9.78 Å². The summed E-state index contributed by atoms with van der Waals surface area (Å²) in [5.41, 5.74) is 0.753. The number of nitrogens with one attached hydrogen (secondary N) is 2. The Morgan fingerprint density at radius 1 is 1.00 bits per heavy atom. The van der Waals surface area contributed by atoms with Gasteiger partial charge in [-0.15, -0.1) is 0 Å². The number of carbonyl (C=O) groups is 1. The second-order valence-electron chi connectivity index (χ2n) is 7.94. The van der Waals surface area contributed by atoms with Crippen LogP contribution in [0.4, 0.5) is 5.69 Å². The van der Waals surface area contributed by atoms with Crippen LogP contribution in [0.15, 0.2) is 42.6 Å². The maximum Gasteiger partial charge on any atom is 0.231 e. The molecule has 9 heteroatoms. The average molecular weight is 474 g/mol. The van der Waals surface area contributed by atoms with Crippen molar-refractivity contribution in [3.8, 4) is 23.0 Å². The van der Waals surface area contributed by atoms with Crippen molar-refractivity contribution < 1.29 is 19.0 Å². The molecule has 1 amide bonds. The normalized spacial score (nSPS) is 11.1. The van der Waals surface area contributed by atoms with E-state index < -0.39 is 5.41 Å². The fourth-order valence-corrected chi connectivity index (χ4v) is 3.20. The van der Waals surface area contributed by atoms with Gasteiger partial charge in [0.15, 0.2) is 16.6 Å². The third-order valence-electron chi connectivity index (χ3n) is 4.52. The summed E-state index contributed by atoms with van der Waals surface area (Å²) < 4.78 is 16.8. The van der Waals surface area contributed by atoms with Crippen molar-refractivity contribution in [1.82, 2.24) is 10.3 Å². The standard InChI is InChI=1S/C23H24ClN3O4S/c1-23(2,3)21(28)27-22(32)26-13-6-7-18(15(24)10-13)31-17-8-9-25-16-12-20(30-5)19(29-4)11-14(16)17/h6-12H,1-5H3,(H2,26,27,28,32). The number of aromatic nitrogens is 1. The number of rotatable bonds is 5. The Balaban J connectivity index is 1.81. The molecule has 3 aromatic rings. The van der Waals surface area contributed by atoms with Crippen molar-refractivity contribution >= 4 is 51.4 Å². The average Bonchev–Trinajstić information content (AvgIpc) is 2.74. The van der Waals surface area contributed by atoms with E-state index in [1.807, 2.05) is 20.8 Å². The van der Waals surface area contributed by atoms with Crippen molar-refractivity contribution in [3.05, 3.63) is 47.6 Å². The number of benzene rings is 2. The first-order chi connectivity index (χ1) is 15.1. The molecule has 0 radical (unpaired) electrons. The SMILES string of the molecule is COc1cc2nccc(Oc3ccc(NC(=S)NC(=O)C(C)(C)C)cc3Cl)c2cc1OC. The highest BCUT2D eigenvalue weighted by Crippen LogP contribution is 2.38. The van der Waals surface area contributed by atoms with E-state index in [1.165, 1.54) is 0 Å². The Kier molecular flexibility index (Phi) is 7.06. The molecule has 0 aliphatic heterocycles. The van der Waals surface area contributed by atoms with Crippen molar-refractivity contribution in [3.63, 3.8) is 0 Å². The van der Waals surface area contributed by atoms with E-state index in [2.05, 4.69) is 15.6 Å². The zero-order valence-electron chi connectivity index (χ0n) is 18.4. The number of ether oxygens (including phenoxy) is 3. The van der Waals surface area contributed by atoms with Crippen molar-refractivity contribution in [2.75, 3.05) is 19.5 Å². The monoisotopic (exact) mass is 473 g/mol. The lowest BCUT2D eigenvalue weighted by atomic mass is 9.96. The molecule has 0 spiro atoms. The predicted molar refractivity (Wildman–Crippen MR) is 130 cm³/mol. The second kappa shape index (κ2) is 9.58. The number of carbonyl (C=O) groups excluding carboxylic acids is 1. The molecule has 0 saturated carbocycles. The zero-order chi connectivity index (χ0) is 23.5. The highest BCUT2D eigenvalue weighted by molar-refractivity contribution is 7.80. The van der Waals surface area contributed by atoms with Gasteiger partial charge in [-0.05, 0) is 42.5 Å². The van der Waals surface area contributed by atoms with E-state index in [0.717, 1.165) is 5.39 Å². The van der Waals surface area contributed by atoms with Crippen LogP contribution in [-0.4, -0.2) is 30.2 Å². The van der Waals surface area contributed by atoms with Crippen LogP contribution >= 0.6 is 23.8 Å². The van der Waals surface area contributed by atoms with Crippen LogP contribution in [0.5, 0.6) is 23.0 Å². The van der Waals surface area contributed by atoms with Gasteiger partial charge in [0.05, 0.1) is 24.8 Å². The maximum absolute atomic E-state index is 12.1. The largest absolute Gasteiger partial charge is 0.493 e. The number of anilines is 1. The fourth-order valence-electron chi connectivity index (χ4n) is 2.77. The first kappa shape index (κ1) is 23.6. The van der Waals surface area contributed by atoms with Crippen molar-refractivity contribution in [1.29, 1.82) is 0 Å². The molecule has 0 fully saturated rings. The summed E-state index contributed by atoms with van der Waals surface area (Å²) in [7, 11) is 3.14. The molecule has 0 atom stereocenters. The molecular formula is C23H24ClN3O4S. The van der Waals surface area contributed by atoms with Crippen molar-refractivity contribution in [2.24, 2.45) is 5.41 Å². The van der Waals surface area contributed by atoms with E-state index in [0.29, 0.717) is 39.2 Å². The van der Waals surface area contributed by atoms with Crippen LogP contribution in [0.1, 0.15) is 20.8 Å². The molecule has 0 bridgehead atoms. The van der Waals surface area contributed by atoms with Crippen LogP contribution in [0.25, 0.3) is 10.9 Å². The van der Waals surface area contributed by atoms with Gasteiger partial charge in [-0.25, -0.2) is 0 Å². The molecule has 7 nitrogen and oxygen atoms in total. The van der Waals surface area contributed by atoms with Crippen LogP contribution in [0.3, 0.4) is 0 Å². The van der Waals surface area contributed by atoms with Gasteiger partial charge >= 0.3 is 0 Å². The fraction of sp³-hybridized carbons (Fsp3) is 0.261. The number of halogens is 1. The number of hydrogen-bond acceptors (Lipinski definition) is 6. The van der Waals surface area contributed by atoms with Gasteiger partial charge in [0.1, 0.15) is 11.5 Å². The summed E-state index contributed by atoms with van der Waals surface area (Å²) >= 11 is 11.7. The minimum atomic E-state index is -0.554. The third kappa shape index (κ3) is 5.38. The van der Waals surface area contributed by atoms with E-state index in [4.69, 9.17) is 38.0 Å². The molecule has 2 N–H and O–H groups in total. The lowest BCUT2D eigenvalue weighted by Gasteiger charge is -2.19. The quantitative estimate of drug-likeness (QED) is 0.469. The second-order valence-corrected chi connectivity index (χ2v) is 8.75. The number of pyridine rings is 1. The van der Waals surface area contributed by atoms with Gasteiger partial charge in [-0.1, -0.05) is 32.4 Å². The smallest absolute Gasteiger partial charge is 0.231 e. The Labute approximate surface area is 197 Å². The van der Waals surface area contributed by atoms with Crippen molar-refractivity contribution in [2.45, 2.75) is 20.8 Å². The maximum atomic E-state index is 12.1. The Morgan fingerprint density at radius 3 is 2.31 bits per heavy atom. The summed E-state index contributed by atoms with van der Waals surface area (Å²) in [6.45, 7) is 5.42. The summed E-state index contributed by atoms with van der Waals surface area (Å²) in [5.74, 6) is 1.97. The summed E-state index contributed by atoms with van der Waals surface area (Å²) in [6, 6.07) is 10.5. The lowest BCUT2D eigenvalue weighted by Crippen LogP contribution is -2.41. The van der Waals surface area contributed by atoms with Crippen LogP contribution in [0, 0.1) is 5.41 Å². The first-order valence-corrected chi connectivity index (χ1v) is 10.5. The van der Waals surface area contributed by atoms with E-state index in [9.17, 15) is 4.79 Å². The van der Waals surface area contributed by atoms with Crippen LogP contribution in [-0.2, 0) is 4.79 Å². The number of hydrogen-bond donors (Lipinski definition) is 2. The molecule has 0 saturated heterocycles. The van der Waals surface area contributed by atoms with Crippen LogP contribution in [0.2, 0.25) is 5.02 Å². The molecule has 2 aromatic carbocycles. The van der Waals surface area contributed by atoms with Gasteiger partial charge in [-0.2, -0.15) is 0 Å². The number of methoxy groups -OCH3 is 2. The molecule has 1 heterocycles. The van der Waals surface area contributed by atoms with Gasteiger partial charge < -0.3 is 24.8 Å². The summed E-state index contributed by atoms with van der Waals surface area (Å²) in [4.78, 5) is 16.4. The minimum absolute atomic E-state index is 0.183. The number of thiocarbonyl (C=S) groups is 1. The highest BCUT2D eigenvalue weighted by Gasteiger charge is 2.22. The molecule has 0 aliphatic carbocycles. The number of amides is 1. The molecule has 0 aliphatic rings. The van der Waals surface area contributed by atoms with E-state index in [-0.39, 0.29) is 11.0 Å². The molecule has 168 valence electrons. The first-order valence-electron chi connectivity index (χ1n) is 9.73. The highest BCUT2D eigenvalue weighted by atomic mass is 35.5. The molecule has 0 unspecified atom stereocenters. The Morgan fingerprint density at radius 2 is 1.69 bits per heavy atom. The molecule has 32 heavy (non-hydrogen) atoms. The zero-order valence-corrected chi connectivity index (χ0v) is 20.0. The molecular weight excluding hydrogens is 450 g/mol. The lowest BCUT2D eigenvalue weighted by molar-refractivity contribution is -0.126. The third-order valence-corrected chi connectivity index (χ3v) is 5.02. The Hall–Kier alpha value is -3.10.